The van der Waals surface area contributed by atoms with Crippen molar-refractivity contribution in [3.05, 3.63) is 41.5 Å². The molecule has 3 aliphatic rings. The summed E-state index contributed by atoms with van der Waals surface area (Å²) in [6.45, 7) is 1.71. The molecule has 4 rings (SSSR count). The molecule has 0 bridgehead atoms. The van der Waals surface area contributed by atoms with E-state index in [9.17, 15) is 9.59 Å². The van der Waals surface area contributed by atoms with Gasteiger partial charge in [0, 0.05) is 6.54 Å². The molecule has 2 atom stereocenters. The first-order valence-corrected chi connectivity index (χ1v) is 7.61. The van der Waals surface area contributed by atoms with E-state index in [0.29, 0.717) is 12.8 Å². The third-order valence-electron chi connectivity index (χ3n) is 4.86. The molecular weight excluding hydrogens is 264 g/mol. The van der Waals surface area contributed by atoms with Gasteiger partial charge in [-0.3, -0.25) is 9.59 Å². The molecule has 2 aliphatic heterocycles. The van der Waals surface area contributed by atoms with Crippen LogP contribution in [-0.4, -0.2) is 18.4 Å². The maximum atomic E-state index is 12.7. The quantitative estimate of drug-likeness (QED) is 0.631. The van der Waals surface area contributed by atoms with Crippen molar-refractivity contribution in [2.24, 2.45) is 11.8 Å². The van der Waals surface area contributed by atoms with E-state index in [1.54, 1.807) is 0 Å². The molecule has 1 N–H and O–H groups in total. The van der Waals surface area contributed by atoms with E-state index < -0.39 is 0 Å². The molecule has 4 nitrogen and oxygen atoms in total. The third-order valence-corrected chi connectivity index (χ3v) is 4.86. The minimum Gasteiger partial charge on any atom is -0.312 e. The second-order valence-corrected chi connectivity index (χ2v) is 6.01. The minimum atomic E-state index is -0.153. The zero-order chi connectivity index (χ0) is 14.4. The van der Waals surface area contributed by atoms with Crippen LogP contribution in [0.5, 0.6) is 0 Å². The highest BCUT2D eigenvalue weighted by Crippen LogP contribution is 2.39. The summed E-state index contributed by atoms with van der Waals surface area (Å²) in [5.41, 5.74) is 3.18. The fourth-order valence-electron chi connectivity index (χ4n) is 3.76. The number of allylic oxidation sites excluding steroid dienone is 2. The molecule has 1 fully saturated rings. The number of imide groups is 1. The van der Waals surface area contributed by atoms with Crippen LogP contribution >= 0.6 is 0 Å². The fourth-order valence-corrected chi connectivity index (χ4v) is 3.76. The molecule has 2 heterocycles. The summed E-state index contributed by atoms with van der Waals surface area (Å²) >= 11 is 0. The topological polar surface area (TPSA) is 49.4 Å². The Hall–Kier alpha value is -1.94. The van der Waals surface area contributed by atoms with Crippen molar-refractivity contribution in [3.63, 3.8) is 0 Å². The first-order chi connectivity index (χ1) is 10.3. The Morgan fingerprint density at radius 2 is 1.76 bits per heavy atom. The van der Waals surface area contributed by atoms with E-state index in [1.807, 2.05) is 24.3 Å². The van der Waals surface area contributed by atoms with Crippen LogP contribution in [0.4, 0.5) is 5.69 Å². The second kappa shape index (κ2) is 4.81. The van der Waals surface area contributed by atoms with Gasteiger partial charge >= 0.3 is 0 Å². The van der Waals surface area contributed by atoms with Crippen molar-refractivity contribution in [2.45, 2.75) is 25.8 Å². The zero-order valence-corrected chi connectivity index (χ0v) is 11.8. The highest BCUT2D eigenvalue weighted by Gasteiger charge is 2.48. The molecule has 0 radical (unpaired) electrons. The van der Waals surface area contributed by atoms with E-state index >= 15 is 0 Å². The van der Waals surface area contributed by atoms with Crippen LogP contribution in [0.15, 0.2) is 30.4 Å². The maximum Gasteiger partial charge on any atom is 0.238 e. The molecule has 2 unspecified atom stereocenters. The number of fused-ring (bicyclic) bond motifs is 2. The summed E-state index contributed by atoms with van der Waals surface area (Å²) < 4.78 is 0. The Morgan fingerprint density at radius 1 is 1.05 bits per heavy atom. The Labute approximate surface area is 123 Å². The maximum absolute atomic E-state index is 12.7. The molecule has 1 aromatic carbocycles. The van der Waals surface area contributed by atoms with E-state index in [2.05, 4.69) is 11.4 Å². The Balaban J connectivity index is 1.77. The first-order valence-electron chi connectivity index (χ1n) is 7.61. The molecule has 4 heteroatoms. The lowest BCUT2D eigenvalue weighted by molar-refractivity contribution is -0.122. The number of hydrogen-bond donors (Lipinski definition) is 1. The van der Waals surface area contributed by atoms with Gasteiger partial charge in [-0.15, -0.1) is 0 Å². The van der Waals surface area contributed by atoms with Gasteiger partial charge in [-0.25, -0.2) is 4.90 Å². The lowest BCUT2D eigenvalue weighted by atomic mass is 9.85. The summed E-state index contributed by atoms with van der Waals surface area (Å²) in [6.07, 6.45) is 6.32. The SMILES string of the molecule is O=C1C2CC=CCC2C(=O)N1c1cccc2c1CCNC2. The van der Waals surface area contributed by atoms with Crippen molar-refractivity contribution < 1.29 is 9.59 Å². The molecule has 108 valence electrons. The lowest BCUT2D eigenvalue weighted by Gasteiger charge is -2.24. The van der Waals surface area contributed by atoms with E-state index in [1.165, 1.54) is 10.5 Å². The molecular formula is C17H18N2O2. The van der Waals surface area contributed by atoms with Crippen molar-refractivity contribution in [2.75, 3.05) is 11.4 Å². The van der Waals surface area contributed by atoms with Crippen LogP contribution in [-0.2, 0) is 22.6 Å². The van der Waals surface area contributed by atoms with Gasteiger partial charge in [-0.05, 0) is 43.0 Å². The van der Waals surface area contributed by atoms with E-state index in [0.717, 1.165) is 30.8 Å². The number of amides is 2. The molecule has 1 aliphatic carbocycles. The second-order valence-electron chi connectivity index (χ2n) is 6.01. The lowest BCUT2D eigenvalue weighted by Crippen LogP contribution is -2.34. The fraction of sp³-hybridized carbons (Fsp3) is 0.412. The first kappa shape index (κ1) is 12.8. The standard InChI is InChI=1S/C17H18N2O2/c20-16-13-5-1-2-6-14(13)17(21)19(16)15-7-3-4-11-10-18-9-8-12(11)15/h1-4,7,13-14,18H,5-6,8-10H2. The van der Waals surface area contributed by atoms with Gasteiger partial charge in [0.1, 0.15) is 0 Å². The summed E-state index contributed by atoms with van der Waals surface area (Å²) in [4.78, 5) is 26.8. The van der Waals surface area contributed by atoms with E-state index in [4.69, 9.17) is 0 Å². The van der Waals surface area contributed by atoms with Crippen molar-refractivity contribution in [1.82, 2.24) is 5.32 Å². The van der Waals surface area contributed by atoms with E-state index in [-0.39, 0.29) is 23.7 Å². The number of rotatable bonds is 1. The Bertz CT molecular complexity index is 624. The van der Waals surface area contributed by atoms with Gasteiger partial charge < -0.3 is 5.32 Å². The van der Waals surface area contributed by atoms with Gasteiger partial charge in [0.15, 0.2) is 0 Å². The number of anilines is 1. The van der Waals surface area contributed by atoms with Gasteiger partial charge in [0.2, 0.25) is 11.8 Å². The monoisotopic (exact) mass is 282 g/mol. The number of nitrogens with one attached hydrogen (secondary N) is 1. The van der Waals surface area contributed by atoms with Crippen LogP contribution in [0, 0.1) is 11.8 Å². The summed E-state index contributed by atoms with van der Waals surface area (Å²) in [7, 11) is 0. The minimum absolute atomic E-state index is 0.0127. The van der Waals surface area contributed by atoms with Gasteiger partial charge in [-0.2, -0.15) is 0 Å². The number of carbonyl (C=O) groups excluding carboxylic acids is 2. The third kappa shape index (κ3) is 1.86. The number of carbonyl (C=O) groups is 2. The van der Waals surface area contributed by atoms with Crippen LogP contribution in [0.25, 0.3) is 0 Å². The number of nitrogens with zero attached hydrogens (tertiary/aromatic N) is 1. The average molecular weight is 282 g/mol. The summed E-state index contributed by atoms with van der Waals surface area (Å²) in [6, 6.07) is 5.94. The molecule has 1 saturated heterocycles. The van der Waals surface area contributed by atoms with Crippen LogP contribution in [0.2, 0.25) is 0 Å². The zero-order valence-electron chi connectivity index (χ0n) is 11.8. The van der Waals surface area contributed by atoms with Gasteiger partial charge in [0.05, 0.1) is 17.5 Å². The smallest absolute Gasteiger partial charge is 0.238 e. The average Bonchev–Trinajstić information content (AvgIpc) is 2.79. The number of benzene rings is 1. The Morgan fingerprint density at radius 3 is 2.48 bits per heavy atom. The molecule has 21 heavy (non-hydrogen) atoms. The largest absolute Gasteiger partial charge is 0.312 e. The predicted molar refractivity (Wildman–Crippen MR) is 79.7 cm³/mol. The predicted octanol–water partition coefficient (Wildman–Crippen LogP) is 1.79. The molecule has 0 spiro atoms. The molecule has 2 amide bonds. The molecule has 0 aromatic heterocycles. The van der Waals surface area contributed by atoms with Crippen molar-refractivity contribution >= 4 is 17.5 Å². The molecule has 1 aromatic rings. The number of hydrogen-bond acceptors (Lipinski definition) is 3. The normalized spacial score (nSPS) is 27.7. The van der Waals surface area contributed by atoms with Gasteiger partial charge in [0.25, 0.3) is 0 Å². The Kier molecular flexibility index (Phi) is 2.93. The van der Waals surface area contributed by atoms with Crippen LogP contribution < -0.4 is 10.2 Å². The van der Waals surface area contributed by atoms with Crippen LogP contribution in [0.1, 0.15) is 24.0 Å². The van der Waals surface area contributed by atoms with Gasteiger partial charge in [-0.1, -0.05) is 24.3 Å². The highest BCUT2D eigenvalue weighted by molar-refractivity contribution is 6.22. The van der Waals surface area contributed by atoms with Crippen molar-refractivity contribution in [1.29, 1.82) is 0 Å². The molecule has 0 saturated carbocycles. The summed E-state index contributed by atoms with van der Waals surface area (Å²) in [5, 5.41) is 3.33. The highest BCUT2D eigenvalue weighted by atomic mass is 16.2. The van der Waals surface area contributed by atoms with Crippen molar-refractivity contribution in [3.8, 4) is 0 Å². The summed E-state index contributed by atoms with van der Waals surface area (Å²) in [5.74, 6) is -0.331. The van der Waals surface area contributed by atoms with Crippen LogP contribution in [0.3, 0.4) is 0 Å².